The molecule has 0 saturated heterocycles. The summed E-state index contributed by atoms with van der Waals surface area (Å²) in [5, 5.41) is 0. The van der Waals surface area contributed by atoms with Gasteiger partial charge in [0.05, 0.1) is 5.69 Å². The van der Waals surface area contributed by atoms with Crippen molar-refractivity contribution in [2.24, 2.45) is 0 Å². The molecule has 0 atom stereocenters. The molecule has 3 nitrogen and oxygen atoms in total. The zero-order chi connectivity index (χ0) is 12.7. The van der Waals surface area contributed by atoms with Gasteiger partial charge in [0.25, 0.3) is 0 Å². The molecule has 0 bridgehead atoms. The standard InChI is InChI=1S/C14H14BrN3/c1-8-12(10-3-2-4-11(15)7-10)17-14(9-5-6-9)18-13(8)16/h2-4,7,9H,5-6H2,1H3,(H2,16,17,18). The van der Waals surface area contributed by atoms with Gasteiger partial charge in [-0.25, -0.2) is 9.97 Å². The van der Waals surface area contributed by atoms with Crippen molar-refractivity contribution in [1.29, 1.82) is 0 Å². The van der Waals surface area contributed by atoms with E-state index >= 15 is 0 Å². The topological polar surface area (TPSA) is 51.8 Å². The SMILES string of the molecule is Cc1c(N)nc(C2CC2)nc1-c1cccc(Br)c1. The van der Waals surface area contributed by atoms with Crippen LogP contribution in [0.25, 0.3) is 11.3 Å². The third-order valence-corrected chi connectivity index (χ3v) is 3.73. The van der Waals surface area contributed by atoms with Gasteiger partial charge in [0.15, 0.2) is 0 Å². The first-order valence-electron chi connectivity index (χ1n) is 6.05. The summed E-state index contributed by atoms with van der Waals surface area (Å²) in [6, 6.07) is 8.13. The molecule has 0 amide bonds. The van der Waals surface area contributed by atoms with Crippen molar-refractivity contribution < 1.29 is 0 Å². The van der Waals surface area contributed by atoms with Crippen LogP contribution in [0, 0.1) is 6.92 Å². The van der Waals surface area contributed by atoms with E-state index in [0.29, 0.717) is 11.7 Å². The minimum Gasteiger partial charge on any atom is -0.383 e. The summed E-state index contributed by atoms with van der Waals surface area (Å²) >= 11 is 3.49. The van der Waals surface area contributed by atoms with Crippen LogP contribution in [0.4, 0.5) is 5.82 Å². The predicted octanol–water partition coefficient (Wildman–Crippen LogP) is 3.67. The van der Waals surface area contributed by atoms with E-state index in [9.17, 15) is 0 Å². The number of hydrogen-bond acceptors (Lipinski definition) is 3. The van der Waals surface area contributed by atoms with Crippen LogP contribution < -0.4 is 5.73 Å². The van der Waals surface area contributed by atoms with Crippen molar-refractivity contribution in [1.82, 2.24) is 9.97 Å². The van der Waals surface area contributed by atoms with Crippen LogP contribution in [-0.4, -0.2) is 9.97 Å². The summed E-state index contributed by atoms with van der Waals surface area (Å²) in [6.45, 7) is 1.97. The Morgan fingerprint density at radius 2 is 2.06 bits per heavy atom. The summed E-state index contributed by atoms with van der Waals surface area (Å²) in [7, 11) is 0. The third-order valence-electron chi connectivity index (χ3n) is 3.24. The van der Waals surface area contributed by atoms with Crippen LogP contribution in [-0.2, 0) is 0 Å². The van der Waals surface area contributed by atoms with Gasteiger partial charge in [-0.2, -0.15) is 0 Å². The van der Waals surface area contributed by atoms with Crippen molar-refractivity contribution >= 4 is 21.7 Å². The van der Waals surface area contributed by atoms with Crippen LogP contribution in [0.5, 0.6) is 0 Å². The minimum absolute atomic E-state index is 0.513. The van der Waals surface area contributed by atoms with E-state index in [2.05, 4.69) is 33.0 Å². The van der Waals surface area contributed by atoms with Gasteiger partial charge >= 0.3 is 0 Å². The Hall–Kier alpha value is -1.42. The fourth-order valence-electron chi connectivity index (χ4n) is 1.99. The second-order valence-corrected chi connectivity index (χ2v) is 5.64. The molecular formula is C14H14BrN3. The molecule has 2 N–H and O–H groups in total. The van der Waals surface area contributed by atoms with Gasteiger partial charge in [-0.3, -0.25) is 0 Å². The third kappa shape index (κ3) is 2.12. The summed E-state index contributed by atoms with van der Waals surface area (Å²) in [5.41, 5.74) is 8.99. The quantitative estimate of drug-likeness (QED) is 0.921. The monoisotopic (exact) mass is 303 g/mol. The first kappa shape index (κ1) is 11.7. The van der Waals surface area contributed by atoms with E-state index in [1.54, 1.807) is 0 Å². The van der Waals surface area contributed by atoms with Crippen molar-refractivity contribution in [2.45, 2.75) is 25.7 Å². The van der Waals surface area contributed by atoms with E-state index in [0.717, 1.165) is 27.1 Å². The van der Waals surface area contributed by atoms with Gasteiger partial charge in [0.2, 0.25) is 0 Å². The molecule has 4 heteroatoms. The molecule has 1 fully saturated rings. The van der Waals surface area contributed by atoms with Crippen LogP contribution in [0.2, 0.25) is 0 Å². The Labute approximate surface area is 115 Å². The highest BCUT2D eigenvalue weighted by atomic mass is 79.9. The minimum atomic E-state index is 0.513. The molecule has 1 heterocycles. The lowest BCUT2D eigenvalue weighted by Gasteiger charge is -2.10. The number of nitrogen functional groups attached to an aromatic ring is 1. The molecule has 0 spiro atoms. The Morgan fingerprint density at radius 3 is 2.72 bits per heavy atom. The van der Waals surface area contributed by atoms with Gasteiger partial charge in [0, 0.05) is 21.5 Å². The van der Waals surface area contributed by atoms with E-state index in [1.165, 1.54) is 12.8 Å². The molecular weight excluding hydrogens is 290 g/mol. The van der Waals surface area contributed by atoms with Crippen molar-refractivity contribution in [3.63, 3.8) is 0 Å². The maximum absolute atomic E-state index is 6.00. The zero-order valence-electron chi connectivity index (χ0n) is 10.2. The lowest BCUT2D eigenvalue weighted by Crippen LogP contribution is -2.04. The van der Waals surface area contributed by atoms with Crippen LogP contribution in [0.3, 0.4) is 0 Å². The fourth-order valence-corrected chi connectivity index (χ4v) is 2.39. The van der Waals surface area contributed by atoms with Crippen molar-refractivity contribution in [3.8, 4) is 11.3 Å². The summed E-state index contributed by atoms with van der Waals surface area (Å²) in [6.07, 6.45) is 2.36. The van der Waals surface area contributed by atoms with E-state index in [1.807, 2.05) is 19.1 Å². The largest absolute Gasteiger partial charge is 0.383 e. The molecule has 0 unspecified atom stereocenters. The number of aromatic nitrogens is 2. The highest BCUT2D eigenvalue weighted by Gasteiger charge is 2.28. The Bertz CT molecular complexity index is 606. The second kappa shape index (κ2) is 4.35. The molecule has 1 aromatic heterocycles. The summed E-state index contributed by atoms with van der Waals surface area (Å²) < 4.78 is 1.05. The van der Waals surface area contributed by atoms with Crippen molar-refractivity contribution in [2.75, 3.05) is 5.73 Å². The highest BCUT2D eigenvalue weighted by Crippen LogP contribution is 2.39. The first-order chi connectivity index (χ1) is 8.65. The maximum atomic E-state index is 6.00. The van der Waals surface area contributed by atoms with Gasteiger partial charge < -0.3 is 5.73 Å². The molecule has 92 valence electrons. The van der Waals surface area contributed by atoms with Crippen LogP contribution in [0.15, 0.2) is 28.7 Å². The molecule has 2 aromatic rings. The van der Waals surface area contributed by atoms with Gasteiger partial charge in [-0.05, 0) is 31.9 Å². The normalized spacial score (nSPS) is 14.8. The van der Waals surface area contributed by atoms with Gasteiger partial charge in [-0.1, -0.05) is 28.1 Å². The number of halogens is 1. The zero-order valence-corrected chi connectivity index (χ0v) is 11.7. The number of anilines is 1. The number of rotatable bonds is 2. The molecule has 0 aliphatic heterocycles. The molecule has 0 radical (unpaired) electrons. The molecule has 3 rings (SSSR count). The highest BCUT2D eigenvalue weighted by molar-refractivity contribution is 9.10. The Balaban J connectivity index is 2.15. The lowest BCUT2D eigenvalue weighted by molar-refractivity contribution is 0.928. The smallest absolute Gasteiger partial charge is 0.134 e. The average molecular weight is 304 g/mol. The number of nitrogens with zero attached hydrogens (tertiary/aromatic N) is 2. The van der Waals surface area contributed by atoms with Crippen molar-refractivity contribution in [3.05, 3.63) is 40.1 Å². The number of hydrogen-bond donors (Lipinski definition) is 1. The van der Waals surface area contributed by atoms with E-state index < -0.39 is 0 Å². The molecule has 18 heavy (non-hydrogen) atoms. The average Bonchev–Trinajstić information content (AvgIpc) is 3.16. The predicted molar refractivity (Wildman–Crippen MR) is 76.3 cm³/mol. The van der Waals surface area contributed by atoms with Crippen LogP contribution >= 0.6 is 15.9 Å². The second-order valence-electron chi connectivity index (χ2n) is 4.73. The fraction of sp³-hybridized carbons (Fsp3) is 0.286. The maximum Gasteiger partial charge on any atom is 0.134 e. The van der Waals surface area contributed by atoms with E-state index in [4.69, 9.17) is 10.7 Å². The van der Waals surface area contributed by atoms with Gasteiger partial charge in [-0.15, -0.1) is 0 Å². The number of nitrogens with two attached hydrogens (primary N) is 1. The molecule has 1 aliphatic carbocycles. The van der Waals surface area contributed by atoms with Crippen LogP contribution in [0.1, 0.15) is 30.1 Å². The molecule has 1 aliphatic rings. The molecule has 1 saturated carbocycles. The Kier molecular flexibility index (Phi) is 2.82. The van der Waals surface area contributed by atoms with E-state index in [-0.39, 0.29) is 0 Å². The lowest BCUT2D eigenvalue weighted by atomic mass is 10.1. The molecule has 1 aromatic carbocycles. The Morgan fingerprint density at radius 1 is 1.28 bits per heavy atom. The van der Waals surface area contributed by atoms with Gasteiger partial charge in [0.1, 0.15) is 11.6 Å². The summed E-state index contributed by atoms with van der Waals surface area (Å²) in [5.74, 6) is 2.01. The summed E-state index contributed by atoms with van der Waals surface area (Å²) in [4.78, 5) is 9.09. The number of benzene rings is 1. The first-order valence-corrected chi connectivity index (χ1v) is 6.84.